The maximum Gasteiger partial charge on any atom is 0.416 e. The summed E-state index contributed by atoms with van der Waals surface area (Å²) in [5, 5.41) is 4.95. The average Bonchev–Trinajstić information content (AvgIpc) is 2.79. The van der Waals surface area contributed by atoms with Crippen LogP contribution in [0.2, 0.25) is 0 Å². The van der Waals surface area contributed by atoms with Crippen molar-refractivity contribution >= 4 is 17.8 Å². The minimum Gasteiger partial charge on any atom is -0.454 e. The second kappa shape index (κ2) is 11.6. The van der Waals surface area contributed by atoms with E-state index in [4.69, 9.17) is 4.74 Å². The molecule has 0 saturated heterocycles. The van der Waals surface area contributed by atoms with Gasteiger partial charge in [-0.15, -0.1) is 0 Å². The Morgan fingerprint density at radius 3 is 2.28 bits per heavy atom. The molecule has 0 spiro atoms. The Labute approximate surface area is 202 Å². The van der Waals surface area contributed by atoms with Crippen LogP contribution in [-0.2, 0) is 22.2 Å². The molecule has 7 nitrogen and oxygen atoms in total. The Morgan fingerprint density at radius 1 is 1.00 bits per heavy atom. The number of benzene rings is 2. The van der Waals surface area contributed by atoms with Crippen LogP contribution in [-0.4, -0.2) is 27.8 Å². The molecular formula is C24H21F5N4O3. The number of anilines is 1. The molecule has 2 aromatic carbocycles. The van der Waals surface area contributed by atoms with Crippen LogP contribution < -0.4 is 15.4 Å². The van der Waals surface area contributed by atoms with Gasteiger partial charge in [0.2, 0.25) is 17.8 Å². The lowest BCUT2D eigenvalue weighted by Crippen LogP contribution is -2.44. The summed E-state index contributed by atoms with van der Waals surface area (Å²) in [5.74, 6) is -3.04. The van der Waals surface area contributed by atoms with Crippen LogP contribution in [0.25, 0.3) is 0 Å². The number of hydrogen-bond donors (Lipinski definition) is 2. The van der Waals surface area contributed by atoms with E-state index in [-0.39, 0.29) is 35.9 Å². The maximum absolute atomic E-state index is 13.3. The molecule has 36 heavy (non-hydrogen) atoms. The Balaban J connectivity index is 1.60. The second-order valence-corrected chi connectivity index (χ2v) is 7.72. The summed E-state index contributed by atoms with van der Waals surface area (Å²) >= 11 is 0. The number of rotatable bonds is 9. The number of carbonyl (C=O) groups excluding carboxylic acids is 2. The van der Waals surface area contributed by atoms with Crippen molar-refractivity contribution in [3.8, 4) is 11.5 Å². The summed E-state index contributed by atoms with van der Waals surface area (Å²) in [6.45, 7) is 1.80. The standard InChI is InChI=1S/C24H21F5N4O3/c1-2-4-20(32-21(34)9-14-7-16(25)11-17(26)8-14)22(35)33-23-30-12-19(13-31-23)36-18-6-3-5-15(10-18)24(27,28)29/h3,5-8,10-13,20H,2,4,9H2,1H3,(H,32,34)(H,30,31,33,35). The molecule has 1 heterocycles. The molecule has 0 fully saturated rings. The summed E-state index contributed by atoms with van der Waals surface area (Å²) < 4.78 is 70.6. The summed E-state index contributed by atoms with van der Waals surface area (Å²) in [7, 11) is 0. The zero-order chi connectivity index (χ0) is 26.3. The zero-order valence-electron chi connectivity index (χ0n) is 18.9. The molecule has 2 amide bonds. The van der Waals surface area contributed by atoms with E-state index >= 15 is 0 Å². The van der Waals surface area contributed by atoms with Gasteiger partial charge in [0.15, 0.2) is 5.75 Å². The van der Waals surface area contributed by atoms with Gasteiger partial charge in [-0.05, 0) is 42.3 Å². The van der Waals surface area contributed by atoms with Gasteiger partial charge in [0.05, 0.1) is 24.4 Å². The summed E-state index contributed by atoms with van der Waals surface area (Å²) in [6, 6.07) is 6.02. The first kappa shape index (κ1) is 26.5. The first-order valence-electron chi connectivity index (χ1n) is 10.8. The molecule has 1 atom stereocenters. The highest BCUT2D eigenvalue weighted by atomic mass is 19.4. The van der Waals surface area contributed by atoms with Gasteiger partial charge in [-0.25, -0.2) is 18.7 Å². The van der Waals surface area contributed by atoms with Crippen molar-refractivity contribution in [2.75, 3.05) is 5.32 Å². The van der Waals surface area contributed by atoms with Crippen molar-refractivity contribution in [2.45, 2.75) is 38.4 Å². The molecule has 0 aliphatic carbocycles. The molecule has 1 unspecified atom stereocenters. The van der Waals surface area contributed by atoms with Crippen LogP contribution >= 0.6 is 0 Å². The molecule has 12 heteroatoms. The molecule has 0 saturated carbocycles. The Kier molecular flexibility index (Phi) is 8.51. The number of amides is 2. The molecule has 0 bridgehead atoms. The van der Waals surface area contributed by atoms with Gasteiger partial charge < -0.3 is 10.1 Å². The van der Waals surface area contributed by atoms with Crippen LogP contribution in [0.1, 0.15) is 30.9 Å². The van der Waals surface area contributed by atoms with Crippen LogP contribution in [0.4, 0.5) is 27.9 Å². The fourth-order valence-corrected chi connectivity index (χ4v) is 3.20. The number of nitrogens with zero attached hydrogens (tertiary/aromatic N) is 2. The zero-order valence-corrected chi connectivity index (χ0v) is 18.9. The number of halogens is 5. The van der Waals surface area contributed by atoms with Crippen molar-refractivity contribution < 1.29 is 36.3 Å². The number of alkyl halides is 3. The van der Waals surface area contributed by atoms with Crippen LogP contribution in [0.15, 0.2) is 54.9 Å². The highest BCUT2D eigenvalue weighted by Crippen LogP contribution is 2.32. The van der Waals surface area contributed by atoms with E-state index in [0.29, 0.717) is 12.5 Å². The third-order valence-corrected chi connectivity index (χ3v) is 4.78. The van der Waals surface area contributed by atoms with Gasteiger partial charge in [-0.3, -0.25) is 14.9 Å². The fourth-order valence-electron chi connectivity index (χ4n) is 3.20. The normalized spacial score (nSPS) is 12.1. The number of nitrogens with one attached hydrogen (secondary N) is 2. The Bertz CT molecular complexity index is 1200. The van der Waals surface area contributed by atoms with Crippen molar-refractivity contribution in [2.24, 2.45) is 0 Å². The van der Waals surface area contributed by atoms with E-state index in [1.807, 2.05) is 0 Å². The summed E-state index contributed by atoms with van der Waals surface area (Å²) in [6.07, 6.45) is -1.73. The van der Waals surface area contributed by atoms with Crippen LogP contribution in [0.5, 0.6) is 11.5 Å². The lowest BCUT2D eigenvalue weighted by molar-refractivity contribution is -0.137. The number of ether oxygens (including phenoxy) is 1. The first-order chi connectivity index (χ1) is 17.0. The Hall–Kier alpha value is -4.09. The summed E-state index contributed by atoms with van der Waals surface area (Å²) in [5.41, 5.74) is -0.767. The van der Waals surface area contributed by atoms with E-state index in [0.717, 1.165) is 36.7 Å². The first-order valence-corrected chi connectivity index (χ1v) is 10.8. The molecule has 0 radical (unpaired) electrons. The van der Waals surface area contributed by atoms with E-state index in [1.165, 1.54) is 12.1 Å². The third-order valence-electron chi connectivity index (χ3n) is 4.78. The smallest absolute Gasteiger partial charge is 0.416 e. The lowest BCUT2D eigenvalue weighted by atomic mass is 10.1. The largest absolute Gasteiger partial charge is 0.454 e. The van der Waals surface area contributed by atoms with E-state index in [9.17, 15) is 31.5 Å². The average molecular weight is 508 g/mol. The second-order valence-electron chi connectivity index (χ2n) is 7.72. The van der Waals surface area contributed by atoms with Crippen LogP contribution in [0.3, 0.4) is 0 Å². The molecule has 0 aliphatic rings. The topological polar surface area (TPSA) is 93.2 Å². The highest BCUT2D eigenvalue weighted by Gasteiger charge is 2.30. The predicted molar refractivity (Wildman–Crippen MR) is 119 cm³/mol. The maximum atomic E-state index is 13.3. The van der Waals surface area contributed by atoms with Gasteiger partial charge in [0, 0.05) is 6.07 Å². The van der Waals surface area contributed by atoms with Gasteiger partial charge in [0.25, 0.3) is 0 Å². The van der Waals surface area contributed by atoms with Crippen molar-refractivity contribution in [1.82, 2.24) is 15.3 Å². The summed E-state index contributed by atoms with van der Waals surface area (Å²) in [4.78, 5) is 32.8. The lowest BCUT2D eigenvalue weighted by Gasteiger charge is -2.17. The van der Waals surface area contributed by atoms with Crippen molar-refractivity contribution in [1.29, 1.82) is 0 Å². The minimum atomic E-state index is -4.53. The van der Waals surface area contributed by atoms with Gasteiger partial charge in [-0.1, -0.05) is 19.4 Å². The number of carbonyl (C=O) groups is 2. The molecule has 0 aliphatic heterocycles. The molecule has 3 aromatic rings. The van der Waals surface area contributed by atoms with Gasteiger partial charge in [-0.2, -0.15) is 13.2 Å². The quantitative estimate of drug-likeness (QED) is 0.396. The van der Waals surface area contributed by atoms with E-state index in [1.54, 1.807) is 6.92 Å². The third kappa shape index (κ3) is 7.72. The van der Waals surface area contributed by atoms with Crippen molar-refractivity contribution in [3.05, 3.63) is 77.6 Å². The monoisotopic (exact) mass is 508 g/mol. The SMILES string of the molecule is CCCC(NC(=O)Cc1cc(F)cc(F)c1)C(=O)Nc1ncc(Oc2cccc(C(F)(F)F)c2)cn1. The van der Waals surface area contributed by atoms with Gasteiger partial charge >= 0.3 is 6.18 Å². The fraction of sp³-hybridized carbons (Fsp3) is 0.250. The molecular weight excluding hydrogens is 487 g/mol. The molecule has 190 valence electrons. The van der Waals surface area contributed by atoms with Crippen molar-refractivity contribution in [3.63, 3.8) is 0 Å². The van der Waals surface area contributed by atoms with Crippen LogP contribution in [0, 0.1) is 11.6 Å². The number of aromatic nitrogens is 2. The van der Waals surface area contributed by atoms with E-state index < -0.39 is 41.2 Å². The van der Waals surface area contributed by atoms with E-state index in [2.05, 4.69) is 20.6 Å². The highest BCUT2D eigenvalue weighted by molar-refractivity contribution is 5.96. The molecule has 1 aromatic heterocycles. The number of hydrogen-bond acceptors (Lipinski definition) is 5. The Morgan fingerprint density at radius 2 is 1.67 bits per heavy atom. The molecule has 3 rings (SSSR count). The van der Waals surface area contributed by atoms with Gasteiger partial charge in [0.1, 0.15) is 23.4 Å². The molecule has 2 N–H and O–H groups in total. The predicted octanol–water partition coefficient (Wildman–Crippen LogP) is 5.03. The minimum absolute atomic E-state index is 0.0352.